The quantitative estimate of drug-likeness (QED) is 0.824. The predicted molar refractivity (Wildman–Crippen MR) is 84.4 cm³/mol. The van der Waals surface area contributed by atoms with Crippen LogP contribution in [0.4, 0.5) is 4.79 Å². The Labute approximate surface area is 141 Å². The summed E-state index contributed by atoms with van der Waals surface area (Å²) < 4.78 is 5.03. The minimum Gasteiger partial charge on any atom is -0.450 e. The molecule has 7 nitrogen and oxygen atoms in total. The van der Waals surface area contributed by atoms with Crippen molar-refractivity contribution in [3.8, 4) is 18.2 Å². The van der Waals surface area contributed by atoms with E-state index in [9.17, 15) is 20.6 Å². The van der Waals surface area contributed by atoms with Gasteiger partial charge >= 0.3 is 6.09 Å². The van der Waals surface area contributed by atoms with Crippen LogP contribution in [0.25, 0.3) is 0 Å². The summed E-state index contributed by atoms with van der Waals surface area (Å²) in [6.07, 6.45) is 1.86. The monoisotopic (exact) mass is 325 g/mol. The van der Waals surface area contributed by atoms with Crippen molar-refractivity contribution in [2.24, 2.45) is 23.0 Å². The first kappa shape index (κ1) is 17.4. The molecule has 0 aromatic rings. The van der Waals surface area contributed by atoms with Gasteiger partial charge in [0.05, 0.1) is 30.0 Å². The van der Waals surface area contributed by atoms with E-state index in [0.29, 0.717) is 19.5 Å². The van der Waals surface area contributed by atoms with Gasteiger partial charge < -0.3 is 15.4 Å². The second kappa shape index (κ2) is 6.64. The van der Waals surface area contributed by atoms with Crippen LogP contribution in [-0.4, -0.2) is 30.7 Å². The van der Waals surface area contributed by atoms with Crippen LogP contribution >= 0.6 is 0 Å². The Bertz CT molecular complexity index is 718. The minimum atomic E-state index is -1.56. The summed E-state index contributed by atoms with van der Waals surface area (Å²) in [4.78, 5) is 13.6. The zero-order valence-corrected chi connectivity index (χ0v) is 13.7. The van der Waals surface area contributed by atoms with Crippen molar-refractivity contribution in [1.82, 2.24) is 4.90 Å². The van der Waals surface area contributed by atoms with Gasteiger partial charge in [-0.05, 0) is 18.9 Å². The van der Waals surface area contributed by atoms with Crippen molar-refractivity contribution in [2.45, 2.75) is 20.3 Å². The average Bonchev–Trinajstić information content (AvgIpc) is 2.60. The van der Waals surface area contributed by atoms with Crippen LogP contribution in [0.15, 0.2) is 22.9 Å². The number of hydrogen-bond acceptors (Lipinski definition) is 6. The second-order valence-electron chi connectivity index (χ2n) is 5.82. The maximum Gasteiger partial charge on any atom is 0.410 e. The Kier molecular flexibility index (Phi) is 4.81. The molecule has 1 amide bonds. The van der Waals surface area contributed by atoms with E-state index in [4.69, 9.17) is 10.5 Å². The summed E-state index contributed by atoms with van der Waals surface area (Å²) in [6.45, 7) is 4.48. The standard InChI is InChI=1S/C17H19N5O2/c1-3-14-13-8-22(16(23)24-4-2)6-5-11(13)12(7-18)15(21)17(14,9-19)10-20/h5,13-14H,3-4,6,8,21H2,1-2H3/t13-,14-/m1/s1. The van der Waals surface area contributed by atoms with Gasteiger partial charge in [0.25, 0.3) is 0 Å². The van der Waals surface area contributed by atoms with Crippen molar-refractivity contribution in [1.29, 1.82) is 15.8 Å². The largest absolute Gasteiger partial charge is 0.450 e. The lowest BCUT2D eigenvalue weighted by Crippen LogP contribution is -2.50. The zero-order valence-electron chi connectivity index (χ0n) is 13.7. The molecule has 0 aromatic heterocycles. The summed E-state index contributed by atoms with van der Waals surface area (Å²) >= 11 is 0. The second-order valence-corrected chi connectivity index (χ2v) is 5.82. The summed E-state index contributed by atoms with van der Waals surface area (Å²) in [5.74, 6) is -0.692. The number of ether oxygens (including phenoxy) is 1. The fourth-order valence-corrected chi connectivity index (χ4v) is 3.65. The van der Waals surface area contributed by atoms with Crippen LogP contribution in [-0.2, 0) is 4.74 Å². The number of fused-ring (bicyclic) bond motifs is 1. The first-order valence-corrected chi connectivity index (χ1v) is 7.85. The number of allylic oxidation sites excluding steroid dienone is 2. The molecule has 0 fully saturated rings. The highest BCUT2D eigenvalue weighted by Crippen LogP contribution is 2.50. The molecule has 0 unspecified atom stereocenters. The molecule has 0 saturated carbocycles. The molecule has 2 N–H and O–H groups in total. The third-order valence-corrected chi connectivity index (χ3v) is 4.80. The SMILES string of the molecule is CCOC(=O)N1CC=C2C(C#N)=C(N)C(C#N)(C#N)[C@H](CC)[C@@H]2C1. The van der Waals surface area contributed by atoms with Gasteiger partial charge in [-0.15, -0.1) is 0 Å². The molecule has 1 heterocycles. The van der Waals surface area contributed by atoms with Crippen LogP contribution in [0.5, 0.6) is 0 Å². The Balaban J connectivity index is 2.57. The lowest BCUT2D eigenvalue weighted by Gasteiger charge is -2.44. The van der Waals surface area contributed by atoms with Gasteiger partial charge in [-0.3, -0.25) is 0 Å². The maximum absolute atomic E-state index is 12.0. The Morgan fingerprint density at radius 2 is 2.08 bits per heavy atom. The number of hydrogen-bond donors (Lipinski definition) is 1. The molecule has 0 spiro atoms. The average molecular weight is 325 g/mol. The molecule has 124 valence electrons. The highest BCUT2D eigenvalue weighted by Gasteiger charge is 2.53. The summed E-state index contributed by atoms with van der Waals surface area (Å²) in [6, 6.07) is 6.09. The number of rotatable bonds is 2. The van der Waals surface area contributed by atoms with E-state index in [1.54, 1.807) is 13.0 Å². The summed E-state index contributed by atoms with van der Waals surface area (Å²) in [5.41, 5.74) is 5.45. The molecule has 0 bridgehead atoms. The van der Waals surface area contributed by atoms with Crippen molar-refractivity contribution >= 4 is 6.09 Å². The van der Waals surface area contributed by atoms with E-state index in [1.807, 2.05) is 25.1 Å². The lowest BCUT2D eigenvalue weighted by molar-refractivity contribution is 0.0934. The fourth-order valence-electron chi connectivity index (χ4n) is 3.65. The molecule has 0 radical (unpaired) electrons. The van der Waals surface area contributed by atoms with Crippen LogP contribution in [0.2, 0.25) is 0 Å². The zero-order chi connectivity index (χ0) is 17.9. The first-order chi connectivity index (χ1) is 11.5. The van der Waals surface area contributed by atoms with E-state index in [-0.39, 0.29) is 23.8 Å². The van der Waals surface area contributed by atoms with Crippen LogP contribution in [0.1, 0.15) is 20.3 Å². The molecular formula is C17H19N5O2. The number of nitrogens with two attached hydrogens (primary N) is 1. The molecular weight excluding hydrogens is 306 g/mol. The van der Waals surface area contributed by atoms with E-state index >= 15 is 0 Å². The number of nitriles is 3. The minimum absolute atomic E-state index is 0.0222. The Hall–Kier alpha value is -2.98. The molecule has 2 atom stereocenters. The van der Waals surface area contributed by atoms with Gasteiger partial charge in [0.1, 0.15) is 6.07 Å². The highest BCUT2D eigenvalue weighted by molar-refractivity contribution is 5.69. The van der Waals surface area contributed by atoms with Gasteiger partial charge in [-0.25, -0.2) is 4.79 Å². The number of amides is 1. The van der Waals surface area contributed by atoms with E-state index in [0.717, 1.165) is 5.57 Å². The molecule has 7 heteroatoms. The van der Waals surface area contributed by atoms with Crippen molar-refractivity contribution in [2.75, 3.05) is 19.7 Å². The normalized spacial score (nSPS) is 24.8. The molecule has 1 aliphatic heterocycles. The Morgan fingerprint density at radius 3 is 2.58 bits per heavy atom. The Morgan fingerprint density at radius 1 is 1.42 bits per heavy atom. The smallest absolute Gasteiger partial charge is 0.410 e. The number of carbonyl (C=O) groups is 1. The molecule has 2 rings (SSSR count). The van der Waals surface area contributed by atoms with Gasteiger partial charge in [0.2, 0.25) is 0 Å². The van der Waals surface area contributed by atoms with Crippen LogP contribution in [0.3, 0.4) is 0 Å². The van der Waals surface area contributed by atoms with Crippen molar-refractivity contribution in [3.05, 3.63) is 22.9 Å². The van der Waals surface area contributed by atoms with E-state index < -0.39 is 17.4 Å². The maximum atomic E-state index is 12.0. The van der Waals surface area contributed by atoms with Crippen LogP contribution < -0.4 is 5.73 Å². The van der Waals surface area contributed by atoms with E-state index in [1.165, 1.54) is 4.90 Å². The van der Waals surface area contributed by atoms with Gasteiger partial charge in [-0.1, -0.05) is 13.0 Å². The lowest BCUT2D eigenvalue weighted by atomic mass is 9.59. The third kappa shape index (κ3) is 2.37. The molecule has 0 aromatic carbocycles. The molecule has 2 aliphatic rings. The van der Waals surface area contributed by atoms with Gasteiger partial charge in [-0.2, -0.15) is 15.8 Å². The van der Waals surface area contributed by atoms with E-state index in [2.05, 4.69) is 0 Å². The first-order valence-electron chi connectivity index (χ1n) is 7.85. The molecule has 24 heavy (non-hydrogen) atoms. The van der Waals surface area contributed by atoms with Crippen molar-refractivity contribution in [3.63, 3.8) is 0 Å². The number of nitrogens with zero attached hydrogens (tertiary/aromatic N) is 4. The summed E-state index contributed by atoms with van der Waals surface area (Å²) in [5, 5.41) is 28.8. The third-order valence-electron chi connectivity index (χ3n) is 4.80. The van der Waals surface area contributed by atoms with Gasteiger partial charge in [0.15, 0.2) is 5.41 Å². The fraction of sp³-hybridized carbons (Fsp3) is 0.529. The highest BCUT2D eigenvalue weighted by atomic mass is 16.6. The molecule has 0 saturated heterocycles. The summed E-state index contributed by atoms with van der Waals surface area (Å²) in [7, 11) is 0. The van der Waals surface area contributed by atoms with Gasteiger partial charge in [0, 0.05) is 24.9 Å². The molecule has 1 aliphatic carbocycles. The van der Waals surface area contributed by atoms with Crippen molar-refractivity contribution < 1.29 is 9.53 Å². The van der Waals surface area contributed by atoms with Crippen LogP contribution in [0, 0.1) is 51.2 Å². The topological polar surface area (TPSA) is 127 Å². The predicted octanol–water partition coefficient (Wildman–Crippen LogP) is 1.81. The number of carbonyl (C=O) groups excluding carboxylic acids is 1.